The van der Waals surface area contributed by atoms with Crippen LogP contribution in [0.4, 0.5) is 9.18 Å². The van der Waals surface area contributed by atoms with Gasteiger partial charge in [0.05, 0.1) is 39.4 Å². The zero-order valence-electron chi connectivity index (χ0n) is 43.4. The summed E-state index contributed by atoms with van der Waals surface area (Å²) in [6.45, 7) is 4.18. The number of carbonyl (C=O) groups is 1. The highest BCUT2D eigenvalue weighted by Gasteiger charge is 2.56. The molecule has 1 amide bonds. The minimum Gasteiger partial charge on any atom is -0.445 e. The Balaban J connectivity index is 1.06. The Morgan fingerprint density at radius 1 is 0.588 bits per heavy atom. The van der Waals surface area contributed by atoms with E-state index in [0.29, 0.717) is 22.3 Å². The van der Waals surface area contributed by atoms with Crippen LogP contribution in [0.5, 0.6) is 0 Å². The van der Waals surface area contributed by atoms with E-state index in [1.54, 1.807) is 93.6 Å². The fourth-order valence-electron chi connectivity index (χ4n) is 9.79. The lowest BCUT2D eigenvalue weighted by Gasteiger charge is -2.51. The monoisotopic (exact) mass is 1170 g/mol. The van der Waals surface area contributed by atoms with Crippen molar-refractivity contribution in [3.63, 3.8) is 0 Å². The first-order valence-electron chi connectivity index (χ1n) is 25.6. The largest absolute Gasteiger partial charge is 0.445 e. The lowest BCUT2D eigenvalue weighted by Crippen LogP contribution is -2.71. The van der Waals surface area contributed by atoms with Gasteiger partial charge in [0.1, 0.15) is 61.5 Å². The second-order valence-electron chi connectivity index (χ2n) is 20.1. The fraction of sp³-hybridized carbons (Fsp3) is 0.426. The number of fused-ring (bicyclic) bond motifs is 1. The van der Waals surface area contributed by atoms with Gasteiger partial charge in [0, 0.05) is 12.1 Å². The number of amides is 1. The number of halogens is 1. The van der Waals surface area contributed by atoms with Crippen LogP contribution in [0.1, 0.15) is 40.5 Å². The van der Waals surface area contributed by atoms with E-state index >= 15 is 4.39 Å². The average Bonchev–Trinajstić information content (AvgIpc) is 3.44. The lowest BCUT2D eigenvalue weighted by molar-refractivity contribution is -0.359. The molecule has 26 heteroatoms. The Morgan fingerprint density at radius 2 is 1.06 bits per heavy atom. The molecule has 4 fully saturated rings. The van der Waals surface area contributed by atoms with Gasteiger partial charge in [0.25, 0.3) is 0 Å². The zero-order chi connectivity index (χ0) is 57.1. The van der Waals surface area contributed by atoms with Crippen LogP contribution in [-0.2, 0) is 69.8 Å². The number of nitrogens with one attached hydrogen (secondary N) is 4. The molecule has 5 aromatic rings. The number of alkyl carbamates (subject to hydrolysis) is 1. The van der Waals surface area contributed by atoms with E-state index < -0.39 is 147 Å². The molecule has 3 aliphatic heterocycles. The molecule has 22 nitrogen and oxygen atoms in total. The van der Waals surface area contributed by atoms with Crippen LogP contribution in [0.2, 0.25) is 0 Å². The fourth-order valence-corrected chi connectivity index (χ4v) is 13.6. The van der Waals surface area contributed by atoms with Crippen LogP contribution < -0.4 is 19.5 Å². The Hall–Kier alpha value is -5.37. The van der Waals surface area contributed by atoms with Crippen LogP contribution in [-0.4, -0.2) is 157 Å². The van der Waals surface area contributed by atoms with Gasteiger partial charge in [-0.15, -0.1) is 0 Å². The van der Waals surface area contributed by atoms with E-state index in [1.165, 1.54) is 60.7 Å². The first-order valence-corrected chi connectivity index (χ1v) is 30.0. The van der Waals surface area contributed by atoms with Crippen molar-refractivity contribution in [2.45, 2.75) is 147 Å². The first kappa shape index (κ1) is 59.3. The van der Waals surface area contributed by atoms with Gasteiger partial charge >= 0.3 is 6.09 Å². The second-order valence-corrected chi connectivity index (χ2v) is 25.2. The minimum atomic E-state index is -4.62. The molecule has 1 aliphatic carbocycles. The first-order chi connectivity index (χ1) is 38.1. The van der Waals surface area contributed by atoms with E-state index in [0.717, 1.165) is 5.56 Å². The molecule has 0 aromatic heterocycles. The van der Waals surface area contributed by atoms with E-state index in [2.05, 4.69) is 19.5 Å². The van der Waals surface area contributed by atoms with Crippen LogP contribution in [0.15, 0.2) is 148 Å². The van der Waals surface area contributed by atoms with E-state index in [1.807, 2.05) is 0 Å². The van der Waals surface area contributed by atoms with Gasteiger partial charge in [-0.3, -0.25) is 0 Å². The molecule has 0 radical (unpaired) electrons. The standard InChI is InChI=1S/C54H63FN4O18S3/c1-30-14-20-35(21-15-30)78(65,66)57-38-26-39(58-79(67,68)36-22-16-31(2)17-23-36)49(47(63)48(38)75-52-45(61)42(55)44(60)40(73-52)27-56-54(64)72-28-33-10-6-4-7-11-33)76-53-46(62)43(59-80(69,70)37-24-18-32(3)19-25-37)50-41(74-53)29-71-51(77-50)34-12-8-5-9-13-34/h4-25,38-53,57-63H,26-29H2,1-3H3,(H,56,64)/t38-,39+,40+,41+,42+,43+,44-,45+,46+,47-,48+,49-,50+,51?,52+,53+/m0/s1. The maximum atomic E-state index is 16.0. The summed E-state index contributed by atoms with van der Waals surface area (Å²) in [5.41, 5.74) is 3.37. The molecule has 5 aromatic carbocycles. The highest BCUT2D eigenvalue weighted by Crippen LogP contribution is 2.38. The summed E-state index contributed by atoms with van der Waals surface area (Å²) in [5, 5.41) is 49.8. The summed E-state index contributed by atoms with van der Waals surface area (Å²) in [7, 11) is -13.7. The number of carbonyl (C=O) groups excluding carboxylic acids is 1. The number of ether oxygens (including phenoxy) is 7. The second kappa shape index (κ2) is 25.0. The van der Waals surface area contributed by atoms with Crippen molar-refractivity contribution in [3.05, 3.63) is 161 Å². The third-order valence-corrected chi connectivity index (χ3v) is 18.7. The highest BCUT2D eigenvalue weighted by molar-refractivity contribution is 7.90. The summed E-state index contributed by atoms with van der Waals surface area (Å²) < 4.78 is 152. The number of alkyl halides is 1. The molecule has 1 saturated carbocycles. The summed E-state index contributed by atoms with van der Waals surface area (Å²) in [4.78, 5) is 12.1. The topological polar surface area (TPSA) is 313 Å². The maximum Gasteiger partial charge on any atom is 0.407 e. The normalized spacial score (nSPS) is 31.1. The summed E-state index contributed by atoms with van der Waals surface area (Å²) in [6.07, 6.45) is -26.2. The van der Waals surface area contributed by atoms with Crippen molar-refractivity contribution in [3.8, 4) is 0 Å². The number of sulfonamides is 3. The molecule has 0 spiro atoms. The smallest absolute Gasteiger partial charge is 0.407 e. The maximum absolute atomic E-state index is 16.0. The molecular formula is C54H63FN4O18S3. The SMILES string of the molecule is Cc1ccc(S(=O)(=O)N[C@@H]2[C@@H](O)[C@@H](O[C@@H]3[C@@H](O)[C@H](O[C@H]4O[C@H](CNC(=O)OCc5ccccc5)[C@H](O)[C@@H](F)[C@H]4O)[C@@H](NS(=O)(=O)c4ccc(C)cc4)C[C@H]3NS(=O)(=O)c3ccc(C)cc3)O[C@@H]3COC(c4ccccc4)O[C@@H]23)cc1. The number of aryl methyl sites for hydroxylation is 3. The van der Waals surface area contributed by atoms with Gasteiger partial charge in [0.15, 0.2) is 25.0 Å². The van der Waals surface area contributed by atoms with Gasteiger partial charge in [0.2, 0.25) is 30.1 Å². The highest BCUT2D eigenvalue weighted by atomic mass is 32.2. The predicted octanol–water partition coefficient (Wildman–Crippen LogP) is 2.40. The van der Waals surface area contributed by atoms with Gasteiger partial charge < -0.3 is 58.9 Å². The Kier molecular flexibility index (Phi) is 18.5. The molecule has 3 heterocycles. The third kappa shape index (κ3) is 13.7. The van der Waals surface area contributed by atoms with Crippen molar-refractivity contribution < 1.29 is 88.0 Å². The number of benzene rings is 5. The van der Waals surface area contributed by atoms with Crippen LogP contribution in [0.3, 0.4) is 0 Å². The number of hydrogen-bond donors (Lipinski definition) is 8. The summed E-state index contributed by atoms with van der Waals surface area (Å²) in [6, 6.07) is 29.5. The zero-order valence-corrected chi connectivity index (χ0v) is 45.8. The molecule has 9 rings (SSSR count). The molecule has 1 unspecified atom stereocenters. The molecule has 432 valence electrons. The van der Waals surface area contributed by atoms with Crippen LogP contribution in [0, 0.1) is 20.8 Å². The number of hydrogen-bond acceptors (Lipinski definition) is 18. The van der Waals surface area contributed by atoms with Crippen molar-refractivity contribution in [2.24, 2.45) is 0 Å². The van der Waals surface area contributed by atoms with Gasteiger partial charge in [-0.25, -0.2) is 48.6 Å². The van der Waals surface area contributed by atoms with E-state index in [-0.39, 0.29) is 27.9 Å². The van der Waals surface area contributed by atoms with Gasteiger partial charge in [-0.2, -0.15) is 0 Å². The van der Waals surface area contributed by atoms with Gasteiger partial charge in [-0.1, -0.05) is 114 Å². The van der Waals surface area contributed by atoms with Crippen molar-refractivity contribution in [1.82, 2.24) is 19.5 Å². The number of aliphatic hydroxyl groups excluding tert-OH is 4. The summed E-state index contributed by atoms with van der Waals surface area (Å²) in [5.74, 6) is 0. The van der Waals surface area contributed by atoms with Crippen molar-refractivity contribution >= 4 is 36.2 Å². The quantitative estimate of drug-likeness (QED) is 0.0625. The molecule has 3 saturated heterocycles. The number of aliphatic hydroxyl groups is 4. The average molecular weight is 1170 g/mol. The Labute approximate surface area is 462 Å². The van der Waals surface area contributed by atoms with E-state index in [4.69, 9.17) is 33.2 Å². The Bertz CT molecular complexity index is 3230. The molecule has 80 heavy (non-hydrogen) atoms. The van der Waals surface area contributed by atoms with Crippen LogP contribution >= 0.6 is 0 Å². The molecule has 16 atom stereocenters. The van der Waals surface area contributed by atoms with Crippen molar-refractivity contribution in [1.29, 1.82) is 0 Å². The minimum absolute atomic E-state index is 0.147. The summed E-state index contributed by atoms with van der Waals surface area (Å²) >= 11 is 0. The van der Waals surface area contributed by atoms with Crippen molar-refractivity contribution in [2.75, 3.05) is 13.2 Å². The molecule has 4 aliphatic rings. The predicted molar refractivity (Wildman–Crippen MR) is 281 cm³/mol. The van der Waals surface area contributed by atoms with Gasteiger partial charge in [-0.05, 0) is 69.2 Å². The Morgan fingerprint density at radius 3 is 1.57 bits per heavy atom. The number of rotatable bonds is 18. The molecular weight excluding hydrogens is 1110 g/mol. The molecule has 8 N–H and O–H groups in total. The lowest BCUT2D eigenvalue weighted by atomic mass is 9.84. The van der Waals surface area contributed by atoms with Crippen LogP contribution in [0.25, 0.3) is 0 Å². The third-order valence-electron chi connectivity index (χ3n) is 14.2. The van der Waals surface area contributed by atoms with E-state index in [9.17, 15) is 50.5 Å². The molecule has 0 bridgehead atoms.